The molecule has 0 aliphatic carbocycles. The highest BCUT2D eigenvalue weighted by molar-refractivity contribution is 5.99. The second-order valence-electron chi connectivity index (χ2n) is 7.42. The van der Waals surface area contributed by atoms with Crippen molar-refractivity contribution in [1.82, 2.24) is 20.0 Å². The normalized spacial score (nSPS) is 10.7. The first-order valence-electron chi connectivity index (χ1n) is 10.1. The Labute approximate surface area is 188 Å². The minimum atomic E-state index is -0.776. The lowest BCUT2D eigenvalue weighted by molar-refractivity contribution is 0.262. The first kappa shape index (κ1) is 21.9. The number of anilines is 4. The van der Waals surface area contributed by atoms with Gasteiger partial charge in [0.05, 0.1) is 5.69 Å². The topological polar surface area (TPSA) is 96.8 Å². The Balaban J connectivity index is 1.37. The van der Waals surface area contributed by atoms with Crippen LogP contribution in [-0.4, -0.2) is 26.0 Å². The van der Waals surface area contributed by atoms with E-state index < -0.39 is 17.7 Å². The van der Waals surface area contributed by atoms with Crippen molar-refractivity contribution in [3.8, 4) is 5.82 Å². The predicted molar refractivity (Wildman–Crippen MR) is 122 cm³/mol. The molecule has 0 bridgehead atoms. The third kappa shape index (κ3) is 5.12. The quantitative estimate of drug-likeness (QED) is 0.387. The number of halogens is 2. The van der Waals surface area contributed by atoms with Crippen LogP contribution in [0.3, 0.4) is 0 Å². The smallest absolute Gasteiger partial charge is 0.323 e. The zero-order chi connectivity index (χ0) is 23.5. The van der Waals surface area contributed by atoms with E-state index in [0.29, 0.717) is 17.3 Å². The van der Waals surface area contributed by atoms with E-state index in [9.17, 15) is 13.6 Å². The van der Waals surface area contributed by atoms with Gasteiger partial charge in [-0.25, -0.2) is 18.3 Å². The summed E-state index contributed by atoms with van der Waals surface area (Å²) < 4.78 is 28.2. The highest BCUT2D eigenvalue weighted by Crippen LogP contribution is 2.20. The van der Waals surface area contributed by atoms with Crippen LogP contribution >= 0.6 is 0 Å². The Morgan fingerprint density at radius 3 is 2.03 bits per heavy atom. The maximum atomic E-state index is 13.2. The molecule has 4 aromatic rings. The summed E-state index contributed by atoms with van der Waals surface area (Å²) in [6.07, 6.45) is 0. The highest BCUT2D eigenvalue weighted by atomic mass is 19.1. The van der Waals surface area contributed by atoms with Gasteiger partial charge in [-0.3, -0.25) is 0 Å². The molecule has 2 aromatic heterocycles. The molecule has 2 amide bonds. The Morgan fingerprint density at radius 1 is 0.818 bits per heavy atom. The molecule has 0 aliphatic heterocycles. The molecule has 8 nitrogen and oxygen atoms in total. The van der Waals surface area contributed by atoms with Gasteiger partial charge < -0.3 is 16.0 Å². The molecule has 0 unspecified atom stereocenters. The first-order valence-corrected chi connectivity index (χ1v) is 10.1. The molecule has 33 heavy (non-hydrogen) atoms. The fraction of sp³-hybridized carbons (Fsp3) is 0.130. The molecule has 0 fully saturated rings. The van der Waals surface area contributed by atoms with E-state index in [2.05, 4.69) is 31.2 Å². The molecule has 0 saturated heterocycles. The van der Waals surface area contributed by atoms with Crippen molar-refractivity contribution in [2.75, 3.05) is 16.0 Å². The van der Waals surface area contributed by atoms with E-state index in [0.717, 1.165) is 40.8 Å². The van der Waals surface area contributed by atoms with Crippen LogP contribution in [0.25, 0.3) is 5.82 Å². The van der Waals surface area contributed by atoms with Crippen LogP contribution in [0, 0.1) is 32.4 Å². The number of nitrogens with zero attached hydrogens (tertiary/aromatic N) is 4. The molecule has 2 heterocycles. The molecule has 0 aliphatic rings. The van der Waals surface area contributed by atoms with Gasteiger partial charge >= 0.3 is 6.03 Å². The number of aromatic nitrogens is 4. The molecule has 4 rings (SSSR count). The number of aryl methyl sites for hydroxylation is 1. The van der Waals surface area contributed by atoms with Gasteiger partial charge in [-0.15, -0.1) is 10.2 Å². The van der Waals surface area contributed by atoms with E-state index in [1.54, 1.807) is 35.0 Å². The minimum Gasteiger partial charge on any atom is -0.339 e. The second kappa shape index (κ2) is 9.03. The van der Waals surface area contributed by atoms with E-state index in [-0.39, 0.29) is 5.69 Å². The van der Waals surface area contributed by atoms with Crippen molar-refractivity contribution >= 4 is 28.9 Å². The largest absolute Gasteiger partial charge is 0.339 e. The second-order valence-corrected chi connectivity index (χ2v) is 7.42. The summed E-state index contributed by atoms with van der Waals surface area (Å²) >= 11 is 0. The standard InChI is InChI=1S/C23H21F2N7O/c1-13-14(2)31-32(15(13)3)22-9-8-21(29-30-22)26-18-4-6-19(7-5-18)27-23(33)28-20-11-16(24)10-17(25)12-20/h4-12H,1-3H3,(H,26,29)(H2,27,28,33). The van der Waals surface area contributed by atoms with Crippen molar-refractivity contribution in [2.24, 2.45) is 0 Å². The van der Waals surface area contributed by atoms with Crippen molar-refractivity contribution in [3.05, 3.63) is 83.2 Å². The summed E-state index contributed by atoms with van der Waals surface area (Å²) in [5.41, 5.74) is 4.32. The van der Waals surface area contributed by atoms with E-state index in [4.69, 9.17) is 0 Å². The van der Waals surface area contributed by atoms with Gasteiger partial charge in [0.15, 0.2) is 11.6 Å². The number of urea groups is 1. The summed E-state index contributed by atoms with van der Waals surface area (Å²) in [7, 11) is 0. The summed E-state index contributed by atoms with van der Waals surface area (Å²) in [4.78, 5) is 12.1. The third-order valence-electron chi connectivity index (χ3n) is 5.06. The number of carbonyl (C=O) groups is 1. The van der Waals surface area contributed by atoms with Crippen molar-refractivity contribution in [1.29, 1.82) is 0 Å². The van der Waals surface area contributed by atoms with Crippen LogP contribution in [-0.2, 0) is 0 Å². The number of hydrogen-bond donors (Lipinski definition) is 3. The summed E-state index contributed by atoms with van der Waals surface area (Å²) in [5.74, 6) is -0.384. The Morgan fingerprint density at radius 2 is 1.45 bits per heavy atom. The van der Waals surface area contributed by atoms with Gasteiger partial charge in [0, 0.05) is 28.8 Å². The average Bonchev–Trinajstić information content (AvgIpc) is 3.02. The lowest BCUT2D eigenvalue weighted by atomic mass is 10.2. The van der Waals surface area contributed by atoms with Gasteiger partial charge in [0.1, 0.15) is 11.6 Å². The number of amides is 2. The van der Waals surface area contributed by atoms with Gasteiger partial charge in [0.25, 0.3) is 0 Å². The van der Waals surface area contributed by atoms with Crippen molar-refractivity contribution in [3.63, 3.8) is 0 Å². The Hall–Kier alpha value is -4.34. The van der Waals surface area contributed by atoms with Crippen LogP contribution in [0.2, 0.25) is 0 Å². The van der Waals surface area contributed by atoms with E-state index in [1.807, 2.05) is 26.8 Å². The van der Waals surface area contributed by atoms with Crippen LogP contribution < -0.4 is 16.0 Å². The summed E-state index contributed by atoms with van der Waals surface area (Å²) in [6.45, 7) is 5.95. The fourth-order valence-corrected chi connectivity index (χ4v) is 3.15. The van der Waals surface area contributed by atoms with Crippen LogP contribution in [0.5, 0.6) is 0 Å². The van der Waals surface area contributed by atoms with Gasteiger partial charge in [-0.2, -0.15) is 5.10 Å². The van der Waals surface area contributed by atoms with Crippen molar-refractivity contribution < 1.29 is 13.6 Å². The molecule has 0 saturated carbocycles. The molecular formula is C23H21F2N7O. The highest BCUT2D eigenvalue weighted by Gasteiger charge is 2.11. The predicted octanol–water partition coefficient (Wildman–Crippen LogP) is 5.25. The summed E-state index contributed by atoms with van der Waals surface area (Å²) in [5, 5.41) is 21.0. The molecule has 0 radical (unpaired) electrons. The first-order chi connectivity index (χ1) is 15.8. The van der Waals surface area contributed by atoms with E-state index in [1.165, 1.54) is 0 Å². The zero-order valence-corrected chi connectivity index (χ0v) is 18.1. The monoisotopic (exact) mass is 449 g/mol. The van der Waals surface area contributed by atoms with Gasteiger partial charge in [-0.05, 0) is 74.9 Å². The molecule has 168 valence electrons. The number of carbonyl (C=O) groups excluding carboxylic acids is 1. The van der Waals surface area contributed by atoms with E-state index >= 15 is 0 Å². The minimum absolute atomic E-state index is 0.0148. The number of benzene rings is 2. The summed E-state index contributed by atoms with van der Waals surface area (Å²) in [6, 6.07) is 12.6. The molecule has 0 atom stereocenters. The zero-order valence-electron chi connectivity index (χ0n) is 18.1. The molecule has 0 spiro atoms. The lowest BCUT2D eigenvalue weighted by Gasteiger charge is -2.10. The molecule has 10 heteroatoms. The number of rotatable bonds is 5. The van der Waals surface area contributed by atoms with Crippen LogP contribution in [0.4, 0.5) is 36.5 Å². The lowest BCUT2D eigenvalue weighted by Crippen LogP contribution is -2.19. The molecule has 2 aromatic carbocycles. The average molecular weight is 449 g/mol. The molecule has 3 N–H and O–H groups in total. The Kier molecular flexibility index (Phi) is 5.99. The molecular weight excluding hydrogens is 428 g/mol. The van der Waals surface area contributed by atoms with Crippen molar-refractivity contribution in [2.45, 2.75) is 20.8 Å². The van der Waals surface area contributed by atoms with Crippen LogP contribution in [0.1, 0.15) is 17.0 Å². The maximum absolute atomic E-state index is 13.2. The Bertz CT molecular complexity index is 1280. The van der Waals surface area contributed by atoms with Gasteiger partial charge in [-0.1, -0.05) is 0 Å². The maximum Gasteiger partial charge on any atom is 0.323 e. The number of hydrogen-bond acceptors (Lipinski definition) is 5. The van der Waals surface area contributed by atoms with Crippen LogP contribution in [0.15, 0.2) is 54.6 Å². The third-order valence-corrected chi connectivity index (χ3v) is 5.06. The SMILES string of the molecule is Cc1nn(-c2ccc(Nc3ccc(NC(=O)Nc4cc(F)cc(F)c4)cc3)nn2)c(C)c1C. The van der Waals surface area contributed by atoms with Gasteiger partial charge in [0.2, 0.25) is 0 Å². The number of nitrogens with one attached hydrogen (secondary N) is 3. The fourth-order valence-electron chi connectivity index (χ4n) is 3.15.